The molecule has 2 heterocycles. The molecule has 0 atom stereocenters. The highest BCUT2D eigenvalue weighted by atomic mass is 16.1. The molecule has 0 aliphatic carbocycles. The molecule has 0 aliphatic heterocycles. The molecule has 1 amide bonds. The van der Waals surface area contributed by atoms with Gasteiger partial charge in [-0.1, -0.05) is 60.7 Å². The van der Waals surface area contributed by atoms with Crippen molar-refractivity contribution in [2.45, 2.75) is 0 Å². The lowest BCUT2D eigenvalue weighted by Crippen LogP contribution is -2.15. The Kier molecular flexibility index (Phi) is 3.76. The average molecular weight is 365 g/mol. The Morgan fingerprint density at radius 3 is 2.11 bits per heavy atom. The van der Waals surface area contributed by atoms with E-state index in [1.165, 1.54) is 0 Å². The molecule has 1 N–H and O–H groups in total. The number of aromatic nitrogens is 2. The van der Waals surface area contributed by atoms with Gasteiger partial charge in [-0.15, -0.1) is 0 Å². The predicted octanol–water partition coefficient (Wildman–Crippen LogP) is 5.35. The normalized spacial score (nSPS) is 11.2. The molecule has 0 saturated carbocycles. The van der Waals surface area contributed by atoms with Gasteiger partial charge in [-0.05, 0) is 35.9 Å². The lowest BCUT2D eigenvalue weighted by Gasteiger charge is -2.08. The molecular weight excluding hydrogens is 346 g/mol. The van der Waals surface area contributed by atoms with Crippen LogP contribution in [0.3, 0.4) is 0 Å². The third-order valence-electron chi connectivity index (χ3n) is 5.14. The minimum Gasteiger partial charge on any atom is -0.329 e. The van der Waals surface area contributed by atoms with Crippen molar-refractivity contribution in [1.29, 1.82) is 0 Å². The zero-order valence-electron chi connectivity index (χ0n) is 15.5. The number of nitrogens with zero attached hydrogens (tertiary/aromatic N) is 2. The number of rotatable bonds is 3. The van der Waals surface area contributed by atoms with E-state index in [1.54, 1.807) is 0 Å². The SMILES string of the molecule is Cn1c2ccccc2n2c(C(=O)Nc3ccccc3)c(-c3ccccc3)cc12. The number of amides is 1. The van der Waals surface area contributed by atoms with Gasteiger partial charge in [0.15, 0.2) is 0 Å². The number of para-hydroxylation sites is 3. The van der Waals surface area contributed by atoms with E-state index < -0.39 is 0 Å². The standard InChI is InChI=1S/C24H19N3O/c1-26-20-14-8-9-15-21(20)27-22(26)16-19(17-10-4-2-5-11-17)23(27)24(28)25-18-12-6-3-7-13-18/h2-16H,1H3,(H,25,28). The van der Waals surface area contributed by atoms with Crippen molar-refractivity contribution in [3.63, 3.8) is 0 Å². The van der Waals surface area contributed by atoms with Crippen molar-refractivity contribution in [1.82, 2.24) is 8.97 Å². The van der Waals surface area contributed by atoms with E-state index in [0.29, 0.717) is 5.69 Å². The summed E-state index contributed by atoms with van der Waals surface area (Å²) < 4.78 is 4.18. The van der Waals surface area contributed by atoms with Gasteiger partial charge in [-0.3, -0.25) is 9.20 Å². The fourth-order valence-corrected chi connectivity index (χ4v) is 3.82. The maximum absolute atomic E-state index is 13.4. The van der Waals surface area contributed by atoms with Crippen LogP contribution in [0.25, 0.3) is 27.8 Å². The molecule has 0 unspecified atom stereocenters. The van der Waals surface area contributed by atoms with Crippen molar-refractivity contribution in [2.24, 2.45) is 7.05 Å². The van der Waals surface area contributed by atoms with E-state index in [1.807, 2.05) is 79.8 Å². The number of nitrogens with one attached hydrogen (secondary N) is 1. The summed E-state index contributed by atoms with van der Waals surface area (Å²) in [5.74, 6) is -0.124. The van der Waals surface area contributed by atoms with Gasteiger partial charge in [-0.25, -0.2) is 0 Å². The number of fused-ring (bicyclic) bond motifs is 3. The first-order chi connectivity index (χ1) is 13.7. The smallest absolute Gasteiger partial charge is 0.273 e. The molecule has 0 bridgehead atoms. The van der Waals surface area contributed by atoms with E-state index in [9.17, 15) is 4.79 Å². The Balaban J connectivity index is 1.79. The van der Waals surface area contributed by atoms with Crippen LogP contribution in [0, 0.1) is 0 Å². The molecule has 5 rings (SSSR count). The highest BCUT2D eigenvalue weighted by molar-refractivity contribution is 6.10. The second kappa shape index (κ2) is 6.43. The summed E-state index contributed by atoms with van der Waals surface area (Å²) in [5, 5.41) is 3.05. The van der Waals surface area contributed by atoms with E-state index in [2.05, 4.69) is 32.5 Å². The van der Waals surface area contributed by atoms with Gasteiger partial charge >= 0.3 is 0 Å². The first-order valence-electron chi connectivity index (χ1n) is 9.25. The lowest BCUT2D eigenvalue weighted by molar-refractivity contribution is 0.102. The van der Waals surface area contributed by atoms with E-state index in [0.717, 1.165) is 33.5 Å². The lowest BCUT2D eigenvalue weighted by atomic mass is 10.1. The van der Waals surface area contributed by atoms with Crippen molar-refractivity contribution >= 4 is 28.3 Å². The third kappa shape index (κ3) is 2.50. The monoisotopic (exact) mass is 365 g/mol. The summed E-state index contributed by atoms with van der Waals surface area (Å²) in [7, 11) is 2.03. The molecule has 0 fully saturated rings. The molecule has 28 heavy (non-hydrogen) atoms. The highest BCUT2D eigenvalue weighted by Gasteiger charge is 2.23. The molecule has 4 heteroatoms. The van der Waals surface area contributed by atoms with E-state index in [-0.39, 0.29) is 5.91 Å². The second-order valence-corrected chi connectivity index (χ2v) is 6.83. The second-order valence-electron chi connectivity index (χ2n) is 6.83. The highest BCUT2D eigenvalue weighted by Crippen LogP contribution is 2.32. The van der Waals surface area contributed by atoms with Gasteiger partial charge in [0.05, 0.1) is 11.0 Å². The Morgan fingerprint density at radius 2 is 1.39 bits per heavy atom. The summed E-state index contributed by atoms with van der Waals surface area (Å²) in [6, 6.07) is 29.8. The first-order valence-corrected chi connectivity index (χ1v) is 9.25. The van der Waals surface area contributed by atoms with Crippen LogP contribution in [0.4, 0.5) is 5.69 Å². The fraction of sp³-hybridized carbons (Fsp3) is 0.0417. The fourth-order valence-electron chi connectivity index (χ4n) is 3.82. The number of carbonyl (C=O) groups excluding carboxylic acids is 1. The summed E-state index contributed by atoms with van der Waals surface area (Å²) in [6.45, 7) is 0. The zero-order chi connectivity index (χ0) is 19.1. The van der Waals surface area contributed by atoms with Gasteiger partial charge in [0.25, 0.3) is 5.91 Å². The number of carbonyl (C=O) groups is 1. The molecule has 2 aromatic heterocycles. The number of anilines is 1. The quantitative estimate of drug-likeness (QED) is 0.460. The number of aryl methyl sites for hydroxylation is 1. The van der Waals surface area contributed by atoms with Gasteiger partial charge in [-0.2, -0.15) is 0 Å². The van der Waals surface area contributed by atoms with Crippen LogP contribution >= 0.6 is 0 Å². The van der Waals surface area contributed by atoms with Crippen LogP contribution in [0.1, 0.15) is 10.5 Å². The summed E-state index contributed by atoms with van der Waals surface area (Å²) in [6.07, 6.45) is 0. The number of hydrogen-bond donors (Lipinski definition) is 1. The van der Waals surface area contributed by atoms with Crippen LogP contribution in [0.2, 0.25) is 0 Å². The minimum atomic E-state index is -0.124. The molecule has 136 valence electrons. The number of hydrogen-bond acceptors (Lipinski definition) is 1. The summed E-state index contributed by atoms with van der Waals surface area (Å²) in [4.78, 5) is 13.4. The van der Waals surface area contributed by atoms with E-state index >= 15 is 0 Å². The number of benzene rings is 3. The molecule has 0 saturated heterocycles. The van der Waals surface area contributed by atoms with Crippen molar-refractivity contribution in [3.05, 3.63) is 96.7 Å². The van der Waals surface area contributed by atoms with Gasteiger partial charge in [0.1, 0.15) is 11.3 Å². The molecule has 5 aromatic rings. The molecular formula is C24H19N3O. The van der Waals surface area contributed by atoms with E-state index in [4.69, 9.17) is 0 Å². The first kappa shape index (κ1) is 16.4. The summed E-state index contributed by atoms with van der Waals surface area (Å²) in [5.41, 5.74) is 6.45. The summed E-state index contributed by atoms with van der Waals surface area (Å²) >= 11 is 0. The van der Waals surface area contributed by atoms with Crippen molar-refractivity contribution in [3.8, 4) is 11.1 Å². The molecule has 4 nitrogen and oxygen atoms in total. The van der Waals surface area contributed by atoms with Crippen molar-refractivity contribution < 1.29 is 4.79 Å². The van der Waals surface area contributed by atoms with Gasteiger partial charge < -0.3 is 9.88 Å². The van der Waals surface area contributed by atoms with Gasteiger partial charge in [0.2, 0.25) is 0 Å². The van der Waals surface area contributed by atoms with Crippen LogP contribution in [0.15, 0.2) is 91.0 Å². The molecule has 0 spiro atoms. The molecule has 3 aromatic carbocycles. The Hall–Kier alpha value is -3.79. The van der Waals surface area contributed by atoms with Crippen molar-refractivity contribution in [2.75, 3.05) is 5.32 Å². The van der Waals surface area contributed by atoms with Gasteiger partial charge in [0, 0.05) is 18.3 Å². The molecule has 0 radical (unpaired) electrons. The largest absolute Gasteiger partial charge is 0.329 e. The third-order valence-corrected chi connectivity index (χ3v) is 5.14. The van der Waals surface area contributed by atoms with Crippen LogP contribution in [-0.4, -0.2) is 14.9 Å². The predicted molar refractivity (Wildman–Crippen MR) is 114 cm³/mol. The Bertz CT molecular complexity index is 1300. The minimum absolute atomic E-state index is 0.124. The van der Waals surface area contributed by atoms with Crippen LogP contribution in [-0.2, 0) is 7.05 Å². The number of imidazole rings is 1. The van der Waals surface area contributed by atoms with Crippen LogP contribution in [0.5, 0.6) is 0 Å². The maximum atomic E-state index is 13.4. The maximum Gasteiger partial charge on any atom is 0.273 e. The topological polar surface area (TPSA) is 38.4 Å². The average Bonchev–Trinajstić information content (AvgIpc) is 3.26. The Morgan fingerprint density at radius 1 is 0.786 bits per heavy atom. The molecule has 0 aliphatic rings. The Labute approximate surface area is 162 Å². The zero-order valence-corrected chi connectivity index (χ0v) is 15.5. The van der Waals surface area contributed by atoms with Crippen LogP contribution < -0.4 is 5.32 Å².